The summed E-state index contributed by atoms with van der Waals surface area (Å²) < 4.78 is 7.09. The molecule has 1 aromatic heterocycles. The molecule has 0 bridgehead atoms. The Labute approximate surface area is 163 Å². The van der Waals surface area contributed by atoms with Gasteiger partial charge in [0, 0.05) is 19.0 Å². The summed E-state index contributed by atoms with van der Waals surface area (Å²) in [5.74, 6) is -0.376. The van der Waals surface area contributed by atoms with Crippen LogP contribution in [0, 0.1) is 0 Å². The molecule has 2 heterocycles. The van der Waals surface area contributed by atoms with Crippen LogP contribution in [0.2, 0.25) is 0 Å². The maximum Gasteiger partial charge on any atom is 0.357 e. The van der Waals surface area contributed by atoms with Gasteiger partial charge in [-0.05, 0) is 32.4 Å². The number of guanidine groups is 1. The van der Waals surface area contributed by atoms with Gasteiger partial charge in [-0.15, -0.1) is 0 Å². The van der Waals surface area contributed by atoms with E-state index in [-0.39, 0.29) is 5.96 Å². The summed E-state index contributed by atoms with van der Waals surface area (Å²) in [6.07, 6.45) is 0.893. The lowest BCUT2D eigenvalue weighted by Gasteiger charge is -2.20. The quantitative estimate of drug-likeness (QED) is 0.690. The highest BCUT2D eigenvalue weighted by Gasteiger charge is 2.29. The standard InChI is InChI=1S/C20H25N5O3/c1-20(2,3)28-18(27)17-13(10-12-8-6-5-7-9-12)16(24-25(17)4)14-11-15(26)23-19(21)22-14/h5-9,11,15,26H,10H2,1-4H3,(H3,21,22,23). The van der Waals surface area contributed by atoms with E-state index in [0.29, 0.717) is 29.1 Å². The number of aliphatic imine (C=N–C) groups is 1. The van der Waals surface area contributed by atoms with Gasteiger partial charge >= 0.3 is 5.97 Å². The number of aliphatic hydroxyl groups is 1. The lowest BCUT2D eigenvalue weighted by molar-refractivity contribution is 0.00564. The number of hydrogen-bond donors (Lipinski definition) is 3. The molecule has 1 aromatic carbocycles. The Morgan fingerprint density at radius 1 is 1.32 bits per heavy atom. The average molecular weight is 383 g/mol. The molecule has 1 aliphatic heterocycles. The van der Waals surface area contributed by atoms with E-state index >= 15 is 0 Å². The van der Waals surface area contributed by atoms with Crippen LogP contribution in [0.4, 0.5) is 0 Å². The lowest BCUT2D eigenvalue weighted by Crippen LogP contribution is -2.35. The largest absolute Gasteiger partial charge is 0.455 e. The Morgan fingerprint density at radius 2 is 2.00 bits per heavy atom. The van der Waals surface area contributed by atoms with Gasteiger partial charge in [-0.3, -0.25) is 4.68 Å². The second-order valence-electron chi connectivity index (χ2n) is 7.60. The van der Waals surface area contributed by atoms with E-state index in [0.717, 1.165) is 5.56 Å². The van der Waals surface area contributed by atoms with E-state index < -0.39 is 17.8 Å². The van der Waals surface area contributed by atoms with E-state index in [2.05, 4.69) is 15.4 Å². The van der Waals surface area contributed by atoms with Gasteiger partial charge in [0.1, 0.15) is 17.0 Å². The van der Waals surface area contributed by atoms with Crippen molar-refractivity contribution < 1.29 is 14.6 Å². The van der Waals surface area contributed by atoms with E-state index in [1.165, 1.54) is 10.8 Å². The lowest BCUT2D eigenvalue weighted by atomic mass is 10.0. The highest BCUT2D eigenvalue weighted by atomic mass is 16.6. The van der Waals surface area contributed by atoms with Crippen LogP contribution in [0.25, 0.3) is 5.70 Å². The van der Waals surface area contributed by atoms with Crippen LogP contribution < -0.4 is 11.1 Å². The summed E-state index contributed by atoms with van der Waals surface area (Å²) in [7, 11) is 1.69. The van der Waals surface area contributed by atoms with Gasteiger partial charge in [0.15, 0.2) is 12.2 Å². The molecule has 0 radical (unpaired) electrons. The van der Waals surface area contributed by atoms with Gasteiger partial charge in [0.05, 0.1) is 5.70 Å². The Balaban J connectivity index is 2.09. The number of aliphatic hydroxyl groups excluding tert-OH is 1. The van der Waals surface area contributed by atoms with E-state index in [1.54, 1.807) is 7.05 Å². The second-order valence-corrected chi connectivity index (χ2v) is 7.60. The van der Waals surface area contributed by atoms with E-state index in [1.807, 2.05) is 51.1 Å². The third kappa shape index (κ3) is 4.40. The molecule has 0 fully saturated rings. The minimum absolute atomic E-state index is 0.0835. The first-order valence-electron chi connectivity index (χ1n) is 8.98. The van der Waals surface area contributed by atoms with Crippen LogP contribution in [0.5, 0.6) is 0 Å². The van der Waals surface area contributed by atoms with Crippen LogP contribution in [0.1, 0.15) is 48.1 Å². The molecule has 0 amide bonds. The van der Waals surface area contributed by atoms with Crippen molar-refractivity contribution in [2.45, 2.75) is 39.0 Å². The third-order valence-corrected chi connectivity index (χ3v) is 4.07. The highest BCUT2D eigenvalue weighted by molar-refractivity contribution is 5.94. The Bertz CT molecular complexity index is 939. The Kier molecular flexibility index (Phi) is 5.24. The number of ether oxygens (including phenoxy) is 1. The molecule has 0 saturated carbocycles. The van der Waals surface area contributed by atoms with Crippen LogP contribution in [-0.4, -0.2) is 38.6 Å². The zero-order chi connectivity index (χ0) is 20.5. The fourth-order valence-corrected chi connectivity index (χ4v) is 3.01. The molecule has 0 aliphatic carbocycles. The summed E-state index contributed by atoms with van der Waals surface area (Å²) in [4.78, 5) is 16.7. The average Bonchev–Trinajstić information content (AvgIpc) is 2.89. The number of nitrogens with two attached hydrogens (primary N) is 1. The highest BCUT2D eigenvalue weighted by Crippen LogP contribution is 2.26. The van der Waals surface area contributed by atoms with Crippen molar-refractivity contribution in [3.63, 3.8) is 0 Å². The van der Waals surface area contributed by atoms with Crippen LogP contribution in [0.3, 0.4) is 0 Å². The maximum atomic E-state index is 12.9. The Morgan fingerprint density at radius 3 is 2.61 bits per heavy atom. The molecule has 3 rings (SSSR count). The fraction of sp³-hybridized carbons (Fsp3) is 0.350. The zero-order valence-electron chi connectivity index (χ0n) is 16.4. The Hall–Kier alpha value is -3.13. The van der Waals surface area contributed by atoms with E-state index in [4.69, 9.17) is 10.5 Å². The first-order valence-corrected chi connectivity index (χ1v) is 8.98. The normalized spacial score (nSPS) is 16.8. The number of aromatic nitrogens is 2. The molecule has 4 N–H and O–H groups in total. The minimum atomic E-state index is -1.08. The first-order chi connectivity index (χ1) is 13.1. The van der Waals surface area contributed by atoms with Gasteiger partial charge in [0.2, 0.25) is 0 Å². The van der Waals surface area contributed by atoms with Crippen LogP contribution in [-0.2, 0) is 18.2 Å². The number of carbonyl (C=O) groups is 1. The molecule has 0 spiro atoms. The molecular formula is C20H25N5O3. The van der Waals surface area contributed by atoms with Gasteiger partial charge in [-0.1, -0.05) is 30.3 Å². The number of nitrogens with one attached hydrogen (secondary N) is 1. The third-order valence-electron chi connectivity index (χ3n) is 4.07. The molecule has 1 aliphatic rings. The first kappa shape index (κ1) is 19.6. The van der Waals surface area contributed by atoms with Crippen molar-refractivity contribution in [3.05, 3.63) is 58.9 Å². The molecule has 8 nitrogen and oxygen atoms in total. The van der Waals surface area contributed by atoms with Crippen molar-refractivity contribution in [1.82, 2.24) is 15.1 Å². The van der Waals surface area contributed by atoms with Crippen molar-refractivity contribution in [2.75, 3.05) is 0 Å². The summed E-state index contributed by atoms with van der Waals surface area (Å²) in [5, 5.41) is 17.4. The maximum absolute atomic E-state index is 12.9. The molecule has 2 aromatic rings. The van der Waals surface area contributed by atoms with Gasteiger partial charge in [0.25, 0.3) is 0 Å². The van der Waals surface area contributed by atoms with Crippen molar-refractivity contribution in [3.8, 4) is 0 Å². The molecule has 1 unspecified atom stereocenters. The number of rotatable bonds is 4. The molecule has 1 atom stereocenters. The monoisotopic (exact) mass is 383 g/mol. The number of benzene rings is 1. The topological polar surface area (TPSA) is 115 Å². The summed E-state index contributed by atoms with van der Waals surface area (Å²) in [6.45, 7) is 5.45. The van der Waals surface area contributed by atoms with Gasteiger partial charge in [-0.25, -0.2) is 9.79 Å². The minimum Gasteiger partial charge on any atom is -0.455 e. The predicted octanol–water partition coefficient (Wildman–Crippen LogP) is 1.54. The van der Waals surface area contributed by atoms with E-state index in [9.17, 15) is 9.90 Å². The molecule has 0 saturated heterocycles. The summed E-state index contributed by atoms with van der Waals surface area (Å²) >= 11 is 0. The number of aryl methyl sites for hydroxylation is 1. The predicted molar refractivity (Wildman–Crippen MR) is 106 cm³/mol. The van der Waals surface area contributed by atoms with Gasteiger partial charge in [-0.2, -0.15) is 5.10 Å². The van der Waals surface area contributed by atoms with Crippen molar-refractivity contribution >= 4 is 17.6 Å². The second kappa shape index (κ2) is 7.47. The summed E-state index contributed by atoms with van der Waals surface area (Å²) in [5.41, 5.74) is 8.18. The van der Waals surface area contributed by atoms with Crippen LogP contribution in [0.15, 0.2) is 41.4 Å². The number of nitrogens with zero attached hydrogens (tertiary/aromatic N) is 3. The number of carbonyl (C=O) groups excluding carboxylic acids is 1. The fourth-order valence-electron chi connectivity index (χ4n) is 3.01. The smallest absolute Gasteiger partial charge is 0.357 e. The van der Waals surface area contributed by atoms with Crippen molar-refractivity contribution in [1.29, 1.82) is 0 Å². The number of esters is 1. The van der Waals surface area contributed by atoms with Crippen LogP contribution >= 0.6 is 0 Å². The van der Waals surface area contributed by atoms with Gasteiger partial charge < -0.3 is 20.9 Å². The number of hydrogen-bond acceptors (Lipinski definition) is 7. The SMILES string of the molecule is Cn1nc(C2=CC(O)N=C(N)N2)c(Cc2ccccc2)c1C(=O)OC(C)(C)C. The molecule has 8 heteroatoms. The molecule has 148 valence electrons. The molecule has 28 heavy (non-hydrogen) atoms. The molecular weight excluding hydrogens is 358 g/mol. The zero-order valence-corrected chi connectivity index (χ0v) is 16.4. The van der Waals surface area contributed by atoms with Crippen molar-refractivity contribution in [2.24, 2.45) is 17.8 Å². The summed E-state index contributed by atoms with van der Waals surface area (Å²) in [6, 6.07) is 9.75.